The quantitative estimate of drug-likeness (QED) is 0.175. The highest BCUT2D eigenvalue weighted by molar-refractivity contribution is 7.26. The molecule has 0 aliphatic rings. The molecule has 238 valence electrons. The van der Waals surface area contributed by atoms with Crippen molar-refractivity contribution < 1.29 is 23.3 Å². The number of fused-ring (bicyclic) bond motifs is 9. The molecule has 0 amide bonds. The van der Waals surface area contributed by atoms with Crippen LogP contribution in [0.2, 0.25) is 0 Å². The Bertz CT molecular complexity index is 4030. The first-order valence-electron chi connectivity index (χ1n) is 24.5. The Morgan fingerprint density at radius 2 is 1.12 bits per heavy atom. The SMILES string of the molecule is [2H]c1c([2H])c([2H])c(-c2c([2H])c([2H])c([2H])c(-c3ccc4c(c3)sc3cccc(-n5c6ccccc6c6cc(-n7c8c([2H])c([2H])c([2H])c([2H])c8c8c([2H])c([2H])c([2H])c([2H])c87)ccc65)c34)c2[2H])c([2H])c1[2H]. The average molecular weight is 684 g/mol. The predicted octanol–water partition coefficient (Wildman–Crippen LogP) is 13.6. The van der Waals surface area contributed by atoms with Gasteiger partial charge in [-0.3, -0.25) is 0 Å². The standard InChI is InChI=1S/C48H30N2S/c1-2-12-31(13-3-1)32-14-10-15-33(28-32)34-24-26-39-47(29-34)51-46-23-11-22-45(48(39)46)50-43-21-9-6-18-38(43)40-30-35(25-27-44(40)50)49-41-19-7-4-16-36(41)37-17-5-8-20-42(37)49/h1-30H/i1D,2D,3D,4D,5D,7D,8D,10D,12D,13D,14D,15D,16D,17D,19D,20D,28D. The number of rotatable bonds is 4. The third-order valence-electron chi connectivity index (χ3n) is 9.33. The number of aromatic nitrogens is 2. The van der Waals surface area contributed by atoms with Crippen molar-refractivity contribution in [1.29, 1.82) is 0 Å². The molecule has 11 aromatic rings. The smallest absolute Gasteiger partial charge is 0.0645 e. The highest BCUT2D eigenvalue weighted by atomic mass is 32.1. The van der Waals surface area contributed by atoms with E-state index in [0.29, 0.717) is 11.3 Å². The normalized spacial score (nSPS) is 16.6. The highest BCUT2D eigenvalue weighted by Gasteiger charge is 2.19. The minimum Gasteiger partial charge on any atom is -0.309 e. The fraction of sp³-hybridized carbons (Fsp3) is 0. The lowest BCUT2D eigenvalue weighted by Gasteiger charge is -2.12. The van der Waals surface area contributed by atoms with Gasteiger partial charge in [-0.05, 0) is 82.8 Å². The molecule has 0 aliphatic heterocycles. The fourth-order valence-electron chi connectivity index (χ4n) is 7.18. The molecule has 0 radical (unpaired) electrons. The second-order valence-corrected chi connectivity index (χ2v) is 13.1. The monoisotopic (exact) mass is 683 g/mol. The predicted molar refractivity (Wildman–Crippen MR) is 219 cm³/mol. The first-order chi connectivity index (χ1) is 32.4. The zero-order valence-electron chi connectivity index (χ0n) is 43.3. The number of hydrogen-bond acceptors (Lipinski definition) is 1. The lowest BCUT2D eigenvalue weighted by atomic mass is 9.98. The van der Waals surface area contributed by atoms with Gasteiger partial charge in [0, 0.05) is 47.4 Å². The number of para-hydroxylation sites is 3. The van der Waals surface area contributed by atoms with Crippen molar-refractivity contribution in [3.8, 4) is 33.6 Å². The summed E-state index contributed by atoms with van der Waals surface area (Å²) in [4.78, 5) is 0. The lowest BCUT2D eigenvalue weighted by Crippen LogP contribution is -1.96. The van der Waals surface area contributed by atoms with Crippen molar-refractivity contribution in [3.05, 3.63) is 182 Å². The highest BCUT2D eigenvalue weighted by Crippen LogP contribution is 2.43. The van der Waals surface area contributed by atoms with Gasteiger partial charge < -0.3 is 9.13 Å². The van der Waals surface area contributed by atoms with Crippen LogP contribution in [0.5, 0.6) is 0 Å². The first kappa shape index (κ1) is 16.5. The summed E-state index contributed by atoms with van der Waals surface area (Å²) in [7, 11) is 0. The Balaban J connectivity index is 1.14. The first-order valence-corrected chi connectivity index (χ1v) is 16.9. The van der Waals surface area contributed by atoms with E-state index in [9.17, 15) is 1.37 Å². The van der Waals surface area contributed by atoms with Gasteiger partial charge in [0.25, 0.3) is 0 Å². The van der Waals surface area contributed by atoms with Gasteiger partial charge in [-0.25, -0.2) is 0 Å². The summed E-state index contributed by atoms with van der Waals surface area (Å²) in [6.07, 6.45) is 0. The molecule has 0 unspecified atom stereocenters. The topological polar surface area (TPSA) is 9.86 Å². The summed E-state index contributed by atoms with van der Waals surface area (Å²) in [6, 6.07) is 15.7. The molecule has 0 N–H and O–H groups in total. The Kier molecular flexibility index (Phi) is 3.58. The van der Waals surface area contributed by atoms with Crippen LogP contribution in [0.15, 0.2) is 182 Å². The van der Waals surface area contributed by atoms with Gasteiger partial charge in [-0.1, -0.05) is 121 Å². The van der Waals surface area contributed by atoms with Crippen LogP contribution >= 0.6 is 11.3 Å². The zero-order valence-corrected chi connectivity index (χ0v) is 27.1. The number of benzene rings is 8. The molecule has 0 spiro atoms. The van der Waals surface area contributed by atoms with Gasteiger partial charge in [0.2, 0.25) is 0 Å². The van der Waals surface area contributed by atoms with E-state index < -0.39 is 103 Å². The van der Waals surface area contributed by atoms with E-state index in [1.165, 1.54) is 15.9 Å². The molecule has 0 aliphatic carbocycles. The van der Waals surface area contributed by atoms with Crippen molar-refractivity contribution >= 4 is 75.1 Å². The van der Waals surface area contributed by atoms with Crippen LogP contribution < -0.4 is 0 Å². The van der Waals surface area contributed by atoms with Crippen LogP contribution in [-0.4, -0.2) is 9.13 Å². The Morgan fingerprint density at radius 1 is 0.412 bits per heavy atom. The van der Waals surface area contributed by atoms with E-state index in [4.69, 9.17) is 21.9 Å². The molecule has 3 heteroatoms. The van der Waals surface area contributed by atoms with E-state index in [2.05, 4.69) is 4.57 Å². The Morgan fingerprint density at radius 3 is 1.94 bits per heavy atom. The van der Waals surface area contributed by atoms with Crippen molar-refractivity contribution in [2.24, 2.45) is 0 Å². The minimum atomic E-state index is -0.644. The summed E-state index contributed by atoms with van der Waals surface area (Å²) in [6.45, 7) is 0. The van der Waals surface area contributed by atoms with E-state index in [1.807, 2.05) is 60.7 Å². The average Bonchev–Trinajstić information content (AvgIpc) is 4.01. The molecular formula is C48H30N2S. The molecule has 3 heterocycles. The third kappa shape index (κ3) is 4.29. The molecule has 0 bridgehead atoms. The van der Waals surface area contributed by atoms with Crippen LogP contribution in [0.3, 0.4) is 0 Å². The molecule has 0 saturated carbocycles. The Hall–Kier alpha value is -6.42. The van der Waals surface area contributed by atoms with Gasteiger partial charge in [-0.15, -0.1) is 11.3 Å². The van der Waals surface area contributed by atoms with E-state index in [0.717, 1.165) is 47.7 Å². The number of nitrogens with zero attached hydrogens (tertiary/aromatic N) is 2. The van der Waals surface area contributed by atoms with Crippen LogP contribution in [-0.2, 0) is 0 Å². The molecule has 0 saturated heterocycles. The second kappa shape index (κ2) is 11.0. The fourth-order valence-corrected chi connectivity index (χ4v) is 8.34. The molecule has 8 aromatic carbocycles. The van der Waals surface area contributed by atoms with E-state index in [-0.39, 0.29) is 38.5 Å². The maximum atomic E-state index is 9.27. The number of hydrogen-bond donors (Lipinski definition) is 0. The molecule has 2 nitrogen and oxygen atoms in total. The van der Waals surface area contributed by atoms with Gasteiger partial charge in [-0.2, -0.15) is 0 Å². The zero-order chi connectivity index (χ0) is 48.3. The van der Waals surface area contributed by atoms with Crippen LogP contribution in [0, 0.1) is 0 Å². The lowest BCUT2D eigenvalue weighted by molar-refractivity contribution is 1.17. The summed E-state index contributed by atoms with van der Waals surface area (Å²) in [5.41, 5.74) is 2.46. The van der Waals surface area contributed by atoms with E-state index >= 15 is 0 Å². The summed E-state index contributed by atoms with van der Waals surface area (Å²) in [5, 5.41) is 3.25. The van der Waals surface area contributed by atoms with Crippen molar-refractivity contribution in [2.45, 2.75) is 0 Å². The summed E-state index contributed by atoms with van der Waals surface area (Å²) in [5.74, 6) is 0. The van der Waals surface area contributed by atoms with Crippen molar-refractivity contribution in [3.63, 3.8) is 0 Å². The molecule has 51 heavy (non-hydrogen) atoms. The second-order valence-electron chi connectivity index (χ2n) is 12.0. The van der Waals surface area contributed by atoms with Crippen LogP contribution in [0.25, 0.3) is 97.4 Å². The summed E-state index contributed by atoms with van der Waals surface area (Å²) >= 11 is 1.46. The maximum Gasteiger partial charge on any atom is 0.0645 e. The molecule has 0 atom stereocenters. The number of thiophene rings is 1. The van der Waals surface area contributed by atoms with Crippen molar-refractivity contribution in [2.75, 3.05) is 0 Å². The largest absolute Gasteiger partial charge is 0.309 e. The van der Waals surface area contributed by atoms with Crippen LogP contribution in [0.1, 0.15) is 23.3 Å². The van der Waals surface area contributed by atoms with E-state index in [1.54, 1.807) is 18.2 Å². The Labute approximate surface area is 322 Å². The van der Waals surface area contributed by atoms with Gasteiger partial charge in [0.15, 0.2) is 0 Å². The molecule has 3 aromatic heterocycles. The van der Waals surface area contributed by atoms with Crippen molar-refractivity contribution in [1.82, 2.24) is 9.13 Å². The van der Waals surface area contributed by atoms with Crippen LogP contribution in [0.4, 0.5) is 0 Å². The molecular weight excluding hydrogens is 637 g/mol. The van der Waals surface area contributed by atoms with Gasteiger partial charge in [0.05, 0.1) is 51.1 Å². The summed E-state index contributed by atoms with van der Waals surface area (Å²) < 4.78 is 152. The third-order valence-corrected chi connectivity index (χ3v) is 10.4. The minimum absolute atomic E-state index is 0.0133. The van der Waals surface area contributed by atoms with Gasteiger partial charge in [0.1, 0.15) is 0 Å². The maximum absolute atomic E-state index is 9.27. The molecule has 0 fully saturated rings. The van der Waals surface area contributed by atoms with Gasteiger partial charge >= 0.3 is 0 Å². The molecule has 11 rings (SSSR count).